The second-order valence-corrected chi connectivity index (χ2v) is 5.82. The smallest absolute Gasteiger partial charge is 0.0732 e. The quantitative estimate of drug-likeness (QED) is 0.863. The molecular formula is C15H19BrN2. The number of aryl methyl sites for hydroxylation is 2. The van der Waals surface area contributed by atoms with E-state index in [9.17, 15) is 0 Å². The number of fused-ring (bicyclic) bond motifs is 1. The largest absolute Gasteiger partial charge is 0.388 e. The van der Waals surface area contributed by atoms with Crippen molar-refractivity contribution in [2.45, 2.75) is 33.6 Å². The van der Waals surface area contributed by atoms with E-state index in [1.54, 1.807) is 0 Å². The van der Waals surface area contributed by atoms with Gasteiger partial charge in [0.25, 0.3) is 0 Å². The summed E-state index contributed by atoms with van der Waals surface area (Å²) in [6.07, 6.45) is 0. The van der Waals surface area contributed by atoms with Crippen molar-refractivity contribution < 1.29 is 0 Å². The van der Waals surface area contributed by atoms with E-state index in [0.29, 0.717) is 5.92 Å². The van der Waals surface area contributed by atoms with Gasteiger partial charge in [-0.2, -0.15) is 0 Å². The predicted molar refractivity (Wildman–Crippen MR) is 82.6 cm³/mol. The lowest BCUT2D eigenvalue weighted by molar-refractivity contribution is 0.830. The number of halogens is 1. The Morgan fingerprint density at radius 1 is 1.22 bits per heavy atom. The van der Waals surface area contributed by atoms with Gasteiger partial charge in [-0.05, 0) is 43.0 Å². The maximum absolute atomic E-state index is 4.79. The Bertz CT molecular complexity index is 603. The highest BCUT2D eigenvalue weighted by molar-refractivity contribution is 9.10. The topological polar surface area (TPSA) is 24.9 Å². The zero-order chi connectivity index (χ0) is 13.4. The molecule has 1 heterocycles. The van der Waals surface area contributed by atoms with Crippen molar-refractivity contribution in [1.29, 1.82) is 0 Å². The lowest BCUT2D eigenvalue weighted by Crippen LogP contribution is -2.00. The van der Waals surface area contributed by atoms with Crippen molar-refractivity contribution in [2.75, 3.05) is 12.4 Å². The molecule has 2 aromatic rings. The highest BCUT2D eigenvalue weighted by Gasteiger charge is 2.13. The fourth-order valence-electron chi connectivity index (χ4n) is 2.25. The highest BCUT2D eigenvalue weighted by atomic mass is 79.9. The third-order valence-corrected chi connectivity index (χ3v) is 4.55. The molecular weight excluding hydrogens is 288 g/mol. The maximum Gasteiger partial charge on any atom is 0.0732 e. The second kappa shape index (κ2) is 4.88. The van der Waals surface area contributed by atoms with Crippen LogP contribution in [0.1, 0.15) is 36.6 Å². The fraction of sp³-hybridized carbons (Fsp3) is 0.400. The fourth-order valence-corrected chi connectivity index (χ4v) is 2.56. The summed E-state index contributed by atoms with van der Waals surface area (Å²) < 4.78 is 1.17. The third kappa shape index (κ3) is 2.12. The van der Waals surface area contributed by atoms with Crippen molar-refractivity contribution >= 4 is 32.5 Å². The summed E-state index contributed by atoms with van der Waals surface area (Å²) in [4.78, 5) is 4.79. The number of hydrogen-bond donors (Lipinski definition) is 1. The summed E-state index contributed by atoms with van der Waals surface area (Å²) in [5.41, 5.74) is 5.84. The van der Waals surface area contributed by atoms with Crippen LogP contribution >= 0.6 is 15.9 Å². The summed E-state index contributed by atoms with van der Waals surface area (Å²) >= 11 is 3.66. The minimum Gasteiger partial charge on any atom is -0.388 e. The minimum absolute atomic E-state index is 0.436. The molecule has 0 saturated carbocycles. The Hall–Kier alpha value is -1.09. The van der Waals surface area contributed by atoms with Gasteiger partial charge in [-0.1, -0.05) is 29.8 Å². The van der Waals surface area contributed by atoms with Crippen molar-refractivity contribution in [1.82, 2.24) is 4.98 Å². The van der Waals surface area contributed by atoms with Crippen LogP contribution < -0.4 is 5.32 Å². The molecule has 0 amide bonds. The molecule has 1 N–H and O–H groups in total. The monoisotopic (exact) mass is 306 g/mol. The molecule has 1 aromatic heterocycles. The van der Waals surface area contributed by atoms with Gasteiger partial charge in [-0.15, -0.1) is 0 Å². The molecule has 0 aliphatic carbocycles. The van der Waals surface area contributed by atoms with Gasteiger partial charge in [0.05, 0.1) is 5.52 Å². The Morgan fingerprint density at radius 3 is 2.44 bits per heavy atom. The Kier molecular flexibility index (Phi) is 3.62. The second-order valence-electron chi connectivity index (χ2n) is 5.03. The van der Waals surface area contributed by atoms with Crippen molar-refractivity contribution in [3.8, 4) is 0 Å². The molecule has 2 rings (SSSR count). The lowest BCUT2D eigenvalue weighted by Gasteiger charge is -2.15. The SMILES string of the molecule is CNc1cc(C(C)C)nc2cc(C)c(Br)c(C)c12. The average molecular weight is 307 g/mol. The number of nitrogens with zero attached hydrogens (tertiary/aromatic N) is 1. The van der Waals surface area contributed by atoms with E-state index < -0.39 is 0 Å². The van der Waals surface area contributed by atoms with Crippen LogP contribution in [-0.2, 0) is 0 Å². The van der Waals surface area contributed by atoms with Crippen LogP contribution in [-0.4, -0.2) is 12.0 Å². The number of nitrogens with one attached hydrogen (secondary N) is 1. The lowest BCUT2D eigenvalue weighted by atomic mass is 10.0. The van der Waals surface area contributed by atoms with Crippen LogP contribution in [0.4, 0.5) is 5.69 Å². The van der Waals surface area contributed by atoms with Gasteiger partial charge in [0.2, 0.25) is 0 Å². The van der Waals surface area contributed by atoms with Gasteiger partial charge in [-0.25, -0.2) is 0 Å². The van der Waals surface area contributed by atoms with Gasteiger partial charge in [-0.3, -0.25) is 4.98 Å². The molecule has 0 spiro atoms. The highest BCUT2D eigenvalue weighted by Crippen LogP contribution is 2.34. The average Bonchev–Trinajstić information content (AvgIpc) is 2.34. The molecule has 3 heteroatoms. The molecule has 0 aliphatic rings. The van der Waals surface area contributed by atoms with E-state index in [2.05, 4.69) is 61.1 Å². The summed E-state index contributed by atoms with van der Waals surface area (Å²) in [7, 11) is 1.96. The van der Waals surface area contributed by atoms with E-state index in [4.69, 9.17) is 4.98 Å². The zero-order valence-corrected chi connectivity index (χ0v) is 13.1. The van der Waals surface area contributed by atoms with Crippen LogP contribution in [0.15, 0.2) is 16.6 Å². The van der Waals surface area contributed by atoms with Crippen LogP contribution in [0, 0.1) is 13.8 Å². The number of hydrogen-bond acceptors (Lipinski definition) is 2. The standard InChI is InChI=1S/C15H19BrN2/c1-8(2)11-7-12(17-5)14-10(4)15(16)9(3)6-13(14)18-11/h6-8H,1-5H3,(H,17,18). The minimum atomic E-state index is 0.436. The molecule has 0 fully saturated rings. The van der Waals surface area contributed by atoms with E-state index in [1.165, 1.54) is 21.0 Å². The Labute approximate surface area is 117 Å². The Balaban J connectivity index is 2.88. The van der Waals surface area contributed by atoms with Gasteiger partial charge in [0.15, 0.2) is 0 Å². The maximum atomic E-state index is 4.79. The molecule has 0 bridgehead atoms. The van der Waals surface area contributed by atoms with Crippen LogP contribution in [0.2, 0.25) is 0 Å². The van der Waals surface area contributed by atoms with Gasteiger partial charge >= 0.3 is 0 Å². The third-order valence-electron chi connectivity index (χ3n) is 3.33. The summed E-state index contributed by atoms with van der Waals surface area (Å²) in [5.74, 6) is 0.436. The number of rotatable bonds is 2. The van der Waals surface area contributed by atoms with E-state index >= 15 is 0 Å². The first-order chi connectivity index (χ1) is 8.45. The summed E-state index contributed by atoms with van der Waals surface area (Å²) in [6, 6.07) is 4.31. The van der Waals surface area contributed by atoms with Gasteiger partial charge in [0, 0.05) is 28.3 Å². The normalized spacial score (nSPS) is 11.3. The molecule has 2 nitrogen and oxygen atoms in total. The molecule has 0 radical (unpaired) electrons. The zero-order valence-electron chi connectivity index (χ0n) is 11.6. The van der Waals surface area contributed by atoms with Crippen molar-refractivity contribution in [3.05, 3.63) is 33.4 Å². The van der Waals surface area contributed by atoms with Crippen LogP contribution in [0.25, 0.3) is 10.9 Å². The predicted octanol–water partition coefficient (Wildman–Crippen LogP) is 4.78. The molecule has 0 unspecified atom stereocenters. The number of aromatic nitrogens is 1. The molecule has 18 heavy (non-hydrogen) atoms. The molecule has 0 aliphatic heterocycles. The van der Waals surface area contributed by atoms with E-state index in [1.807, 2.05) is 7.05 Å². The molecule has 0 saturated heterocycles. The number of anilines is 1. The molecule has 96 valence electrons. The van der Waals surface area contributed by atoms with Crippen molar-refractivity contribution in [2.24, 2.45) is 0 Å². The van der Waals surface area contributed by atoms with Gasteiger partial charge in [0.1, 0.15) is 0 Å². The molecule has 1 aromatic carbocycles. The molecule has 0 atom stereocenters. The van der Waals surface area contributed by atoms with Crippen molar-refractivity contribution in [3.63, 3.8) is 0 Å². The van der Waals surface area contributed by atoms with Crippen LogP contribution in [0.3, 0.4) is 0 Å². The first kappa shape index (κ1) is 13.3. The number of pyridine rings is 1. The Morgan fingerprint density at radius 2 is 1.89 bits per heavy atom. The summed E-state index contributed by atoms with van der Waals surface area (Å²) in [5, 5.41) is 4.50. The first-order valence-electron chi connectivity index (χ1n) is 6.23. The first-order valence-corrected chi connectivity index (χ1v) is 7.03. The van der Waals surface area contributed by atoms with E-state index in [-0.39, 0.29) is 0 Å². The van der Waals surface area contributed by atoms with Crippen LogP contribution in [0.5, 0.6) is 0 Å². The number of benzene rings is 1. The van der Waals surface area contributed by atoms with Gasteiger partial charge < -0.3 is 5.32 Å². The van der Waals surface area contributed by atoms with E-state index in [0.717, 1.165) is 16.9 Å². The summed E-state index contributed by atoms with van der Waals surface area (Å²) in [6.45, 7) is 8.59.